The van der Waals surface area contributed by atoms with Gasteiger partial charge in [0, 0.05) is 18.7 Å². The largest absolute Gasteiger partial charge is 0.465 e. The van der Waals surface area contributed by atoms with Crippen LogP contribution < -0.4 is 5.73 Å². The molecule has 0 spiro atoms. The molecule has 1 saturated carbocycles. The minimum Gasteiger partial charge on any atom is -0.465 e. The number of oxime groups is 1. The van der Waals surface area contributed by atoms with Crippen LogP contribution >= 0.6 is 0 Å². The molecule has 1 aromatic carbocycles. The van der Waals surface area contributed by atoms with E-state index in [2.05, 4.69) is 5.16 Å². The van der Waals surface area contributed by atoms with Crippen molar-refractivity contribution in [1.29, 1.82) is 0 Å². The molecule has 4 N–H and O–H groups in total. The molecule has 22 heavy (non-hydrogen) atoms. The van der Waals surface area contributed by atoms with Crippen molar-refractivity contribution in [1.82, 2.24) is 4.90 Å². The molecule has 2 rings (SSSR count). The smallest absolute Gasteiger partial charge is 0.407 e. The molecule has 0 aromatic heterocycles. The summed E-state index contributed by atoms with van der Waals surface area (Å²) < 4.78 is 0. The van der Waals surface area contributed by atoms with Gasteiger partial charge in [0.15, 0.2) is 5.84 Å². The van der Waals surface area contributed by atoms with Gasteiger partial charge in [-0.3, -0.25) is 0 Å². The Hall–Kier alpha value is -2.24. The van der Waals surface area contributed by atoms with Gasteiger partial charge in [-0.15, -0.1) is 0 Å². The van der Waals surface area contributed by atoms with Crippen molar-refractivity contribution in [2.45, 2.75) is 38.6 Å². The summed E-state index contributed by atoms with van der Waals surface area (Å²) in [6, 6.07) is 7.12. The summed E-state index contributed by atoms with van der Waals surface area (Å²) in [4.78, 5) is 12.9. The summed E-state index contributed by atoms with van der Waals surface area (Å²) in [6.45, 7) is 0.890. The number of nitrogens with two attached hydrogens (primary N) is 1. The van der Waals surface area contributed by atoms with Crippen molar-refractivity contribution >= 4 is 11.9 Å². The van der Waals surface area contributed by atoms with E-state index in [1.807, 2.05) is 6.07 Å². The number of hydrogen-bond acceptors (Lipinski definition) is 3. The minimum atomic E-state index is -0.903. The number of hydrogen-bond donors (Lipinski definition) is 3. The van der Waals surface area contributed by atoms with Crippen LogP contribution in [0.25, 0.3) is 0 Å². The fourth-order valence-electron chi connectivity index (χ4n) is 3.00. The molecular weight excluding hydrogens is 282 g/mol. The zero-order chi connectivity index (χ0) is 15.9. The molecule has 1 aromatic rings. The number of carboxylic acid groups (broad SMARTS) is 1. The summed E-state index contributed by atoms with van der Waals surface area (Å²) >= 11 is 0. The minimum absolute atomic E-state index is 0.0241. The number of amidine groups is 1. The molecule has 1 fully saturated rings. The van der Waals surface area contributed by atoms with Gasteiger partial charge in [-0.1, -0.05) is 42.6 Å². The Morgan fingerprint density at radius 3 is 2.68 bits per heavy atom. The molecule has 120 valence electrons. The number of nitrogens with zero attached hydrogens (tertiary/aromatic N) is 2. The van der Waals surface area contributed by atoms with Gasteiger partial charge < -0.3 is 20.9 Å². The van der Waals surface area contributed by atoms with Crippen LogP contribution in [0, 0.1) is 5.92 Å². The molecule has 0 atom stereocenters. The van der Waals surface area contributed by atoms with E-state index in [4.69, 9.17) is 10.9 Å². The molecule has 0 radical (unpaired) electrons. The van der Waals surface area contributed by atoms with E-state index in [9.17, 15) is 9.90 Å². The molecule has 0 saturated heterocycles. The molecule has 6 nitrogen and oxygen atoms in total. The normalized spacial score (nSPS) is 16.5. The van der Waals surface area contributed by atoms with Crippen molar-refractivity contribution in [3.63, 3.8) is 0 Å². The van der Waals surface area contributed by atoms with E-state index in [0.717, 1.165) is 18.4 Å². The van der Waals surface area contributed by atoms with E-state index >= 15 is 0 Å². The summed E-state index contributed by atoms with van der Waals surface area (Å²) in [5.74, 6) is 0.480. The van der Waals surface area contributed by atoms with Gasteiger partial charge in [0.2, 0.25) is 0 Å². The molecule has 1 aliphatic rings. The Balaban J connectivity index is 2.05. The highest BCUT2D eigenvalue weighted by Crippen LogP contribution is 2.25. The third-order valence-corrected chi connectivity index (χ3v) is 4.18. The van der Waals surface area contributed by atoms with Crippen molar-refractivity contribution in [2.75, 3.05) is 6.54 Å². The first-order chi connectivity index (χ1) is 10.6. The Bertz CT molecular complexity index is 539. The zero-order valence-corrected chi connectivity index (χ0v) is 12.6. The number of rotatable bonds is 5. The zero-order valence-electron chi connectivity index (χ0n) is 12.6. The van der Waals surface area contributed by atoms with Gasteiger partial charge in [0.1, 0.15) is 0 Å². The Morgan fingerprint density at radius 2 is 2.05 bits per heavy atom. The monoisotopic (exact) mass is 305 g/mol. The fourth-order valence-corrected chi connectivity index (χ4v) is 3.00. The van der Waals surface area contributed by atoms with Crippen molar-refractivity contribution in [3.05, 3.63) is 35.4 Å². The molecule has 0 heterocycles. The lowest BCUT2D eigenvalue weighted by Crippen LogP contribution is -2.34. The van der Waals surface area contributed by atoms with Crippen LogP contribution in [0.2, 0.25) is 0 Å². The van der Waals surface area contributed by atoms with Crippen LogP contribution in [0.1, 0.15) is 43.2 Å². The Labute approximate surface area is 130 Å². The van der Waals surface area contributed by atoms with E-state index in [1.165, 1.54) is 24.2 Å². The van der Waals surface area contributed by atoms with Gasteiger partial charge in [0.05, 0.1) is 0 Å². The topological polar surface area (TPSA) is 99.2 Å². The molecule has 1 amide bonds. The Morgan fingerprint density at radius 1 is 1.32 bits per heavy atom. The molecule has 0 bridgehead atoms. The lowest BCUT2D eigenvalue weighted by atomic mass is 9.89. The van der Waals surface area contributed by atoms with Gasteiger partial charge >= 0.3 is 6.09 Å². The maximum Gasteiger partial charge on any atom is 0.407 e. The average Bonchev–Trinajstić information content (AvgIpc) is 2.54. The maximum atomic E-state index is 11.5. The maximum absolute atomic E-state index is 11.5. The van der Waals surface area contributed by atoms with Gasteiger partial charge in [-0.25, -0.2) is 4.79 Å². The number of carbonyl (C=O) groups is 1. The van der Waals surface area contributed by atoms with Gasteiger partial charge in [0.25, 0.3) is 0 Å². The van der Waals surface area contributed by atoms with Gasteiger partial charge in [-0.05, 0) is 30.4 Å². The predicted octanol–water partition coefficient (Wildman–Crippen LogP) is 2.84. The third-order valence-electron chi connectivity index (χ3n) is 4.18. The van der Waals surface area contributed by atoms with Gasteiger partial charge in [-0.2, -0.15) is 0 Å². The second-order valence-electron chi connectivity index (χ2n) is 5.85. The molecule has 1 aliphatic carbocycles. The summed E-state index contributed by atoms with van der Waals surface area (Å²) in [7, 11) is 0. The SMILES string of the molecule is NC(=NO)c1cccc(CN(CC2CCCCC2)C(=O)O)c1. The summed E-state index contributed by atoms with van der Waals surface area (Å²) in [6.07, 6.45) is 4.95. The fraction of sp³-hybridized carbons (Fsp3) is 0.500. The van der Waals surface area contributed by atoms with E-state index in [1.54, 1.807) is 18.2 Å². The highest BCUT2D eigenvalue weighted by molar-refractivity contribution is 5.97. The second-order valence-corrected chi connectivity index (χ2v) is 5.85. The first-order valence-corrected chi connectivity index (χ1v) is 7.65. The molecule has 0 aliphatic heterocycles. The van der Waals surface area contributed by atoms with Crippen molar-refractivity contribution in [3.8, 4) is 0 Å². The van der Waals surface area contributed by atoms with Crippen LogP contribution in [0.3, 0.4) is 0 Å². The molecule has 0 unspecified atom stereocenters. The number of amides is 1. The van der Waals surface area contributed by atoms with Crippen LogP contribution in [0.5, 0.6) is 0 Å². The predicted molar refractivity (Wildman–Crippen MR) is 84.0 cm³/mol. The average molecular weight is 305 g/mol. The third kappa shape index (κ3) is 4.38. The van der Waals surface area contributed by atoms with Crippen molar-refractivity contribution in [2.24, 2.45) is 16.8 Å². The summed E-state index contributed by atoms with van der Waals surface area (Å²) in [5, 5.41) is 21.1. The first kappa shape index (κ1) is 16.1. The quantitative estimate of drug-likeness (QED) is 0.337. The number of benzene rings is 1. The van der Waals surface area contributed by atoms with E-state index < -0.39 is 6.09 Å². The van der Waals surface area contributed by atoms with Crippen LogP contribution in [-0.2, 0) is 6.54 Å². The highest BCUT2D eigenvalue weighted by Gasteiger charge is 2.20. The summed E-state index contributed by atoms with van der Waals surface area (Å²) in [5.41, 5.74) is 6.99. The Kier molecular flexibility index (Phi) is 5.63. The highest BCUT2D eigenvalue weighted by atomic mass is 16.4. The van der Waals surface area contributed by atoms with E-state index in [-0.39, 0.29) is 5.84 Å². The van der Waals surface area contributed by atoms with Crippen molar-refractivity contribution < 1.29 is 15.1 Å². The van der Waals surface area contributed by atoms with E-state index in [0.29, 0.717) is 24.6 Å². The lowest BCUT2D eigenvalue weighted by Gasteiger charge is -2.28. The second kappa shape index (κ2) is 7.68. The standard InChI is InChI=1S/C16H23N3O3/c17-15(18-22)14-8-4-7-13(9-14)11-19(16(20)21)10-12-5-2-1-3-6-12/h4,7-9,12,22H,1-3,5-6,10-11H2,(H2,17,18)(H,20,21). The first-order valence-electron chi connectivity index (χ1n) is 7.65. The van der Waals surface area contributed by atoms with Crippen LogP contribution in [0.15, 0.2) is 29.4 Å². The van der Waals surface area contributed by atoms with Crippen LogP contribution in [0.4, 0.5) is 4.79 Å². The molecule has 6 heteroatoms. The molecular formula is C16H23N3O3. The van der Waals surface area contributed by atoms with Crippen LogP contribution in [-0.4, -0.2) is 33.7 Å². The lowest BCUT2D eigenvalue weighted by molar-refractivity contribution is 0.127.